The topological polar surface area (TPSA) is 200 Å². The van der Waals surface area contributed by atoms with E-state index in [-0.39, 0.29) is 37.3 Å². The Morgan fingerprint density at radius 3 is 1.65 bits per heavy atom. The van der Waals surface area contributed by atoms with Crippen LogP contribution < -0.4 is 39.7 Å². The molecule has 4 aromatic heterocycles. The third-order valence-electron chi connectivity index (χ3n) is 14.0. The second-order valence-corrected chi connectivity index (χ2v) is 20.2. The number of aliphatic hydroxyl groups excluding tert-OH is 2. The molecule has 0 unspecified atom stereocenters. The molecule has 18 nitrogen and oxygen atoms in total. The number of fused-ring (bicyclic) bond motifs is 8. The number of nitrogens with zero attached hydrogens (tertiary/aromatic N) is 8. The Morgan fingerprint density at radius 1 is 0.722 bits per heavy atom. The van der Waals surface area contributed by atoms with E-state index in [1.54, 1.807) is 47.1 Å². The molecule has 0 aliphatic carbocycles. The maximum atomic E-state index is 13.7. The van der Waals surface area contributed by atoms with Crippen molar-refractivity contribution in [2.45, 2.75) is 83.0 Å². The maximum Gasteiger partial charge on any atom is 0.416 e. The van der Waals surface area contributed by atoms with E-state index in [1.165, 1.54) is 30.6 Å². The summed E-state index contributed by atoms with van der Waals surface area (Å²) in [5.74, 6) is 0.613. The zero-order valence-corrected chi connectivity index (χ0v) is 43.3. The average molecular weight is 1100 g/mol. The molecule has 0 radical (unpaired) electrons. The summed E-state index contributed by atoms with van der Waals surface area (Å²) in [6.07, 6.45) is -5.83. The zero-order chi connectivity index (χ0) is 56.0. The molecule has 24 heteroatoms. The van der Waals surface area contributed by atoms with E-state index in [9.17, 15) is 41.0 Å². The molecule has 0 spiro atoms. The van der Waals surface area contributed by atoms with Crippen LogP contribution in [0.25, 0.3) is 22.5 Å². The highest BCUT2D eigenvalue weighted by Gasteiger charge is 2.43. The molecule has 6 aromatic rings. The van der Waals surface area contributed by atoms with Crippen LogP contribution in [-0.2, 0) is 21.8 Å². The molecule has 5 aliphatic rings. The van der Waals surface area contributed by atoms with Gasteiger partial charge in [-0.25, -0.2) is 29.5 Å². The number of urea groups is 2. The van der Waals surface area contributed by atoms with E-state index in [2.05, 4.69) is 30.4 Å². The quantitative estimate of drug-likeness (QED) is 0.0895. The standard InChI is InChI=1S/C29H30F3N5O4.C26H26F3N5O4/c1-17-11-23-26(35-25(17)18-5-4-6-19(12-18)29(30,31)32)37(21-8-10-36(23)14-21)27(38)34-20-7-9-33-24(13-20)39-15-22-16-40-28(2,3)41-22;1-15-9-21-24(32-23(15)16-3-2-4-17(10-16)26(27,28)29)34(19-6-8-33(21)12-19)25(37)31-18-5-7-30-22(11-18)38-14-20(36)13-35/h4-7,9,11-13,21-22H,8,10,14-16H2,1-3H3,(H,33,34,38);2-5,7,9-11,19-20,35-36H,6,8,12-14H2,1H3,(H,30,31,37)/t21-,22+;19-,20-/m00/s1. The Kier molecular flexibility index (Phi) is 15.0. The minimum absolute atomic E-state index is 0.132. The number of carbonyl (C=O) groups excluding carboxylic acids is 2. The van der Waals surface area contributed by atoms with Crippen LogP contribution in [0.1, 0.15) is 48.9 Å². The number of pyridine rings is 4. The van der Waals surface area contributed by atoms with Gasteiger partial charge in [0.2, 0.25) is 11.8 Å². The number of aryl methyl sites for hydroxylation is 2. The van der Waals surface area contributed by atoms with Crippen LogP contribution in [0.3, 0.4) is 0 Å². The number of halogens is 6. The van der Waals surface area contributed by atoms with Crippen LogP contribution in [0.15, 0.2) is 97.3 Å². The first-order valence-corrected chi connectivity index (χ1v) is 25.5. The fraction of sp³-hybridized carbons (Fsp3) is 0.382. The minimum atomic E-state index is -4.49. The first-order chi connectivity index (χ1) is 37.6. The van der Waals surface area contributed by atoms with Gasteiger partial charge in [0.15, 0.2) is 17.4 Å². The molecule has 3 saturated heterocycles. The Morgan fingerprint density at radius 2 is 1.20 bits per heavy atom. The lowest BCUT2D eigenvalue weighted by atomic mass is 10.0. The summed E-state index contributed by atoms with van der Waals surface area (Å²) in [6.45, 7) is 10.1. The summed E-state index contributed by atoms with van der Waals surface area (Å²) in [5.41, 5.74) is 3.74. The van der Waals surface area contributed by atoms with Gasteiger partial charge in [0, 0.05) is 73.2 Å². The number of aromatic nitrogens is 4. The van der Waals surface area contributed by atoms with Gasteiger partial charge in [0.05, 0.1) is 59.2 Å². The highest BCUT2D eigenvalue weighted by Crippen LogP contribution is 2.45. The molecule has 4 amide bonds. The van der Waals surface area contributed by atoms with Gasteiger partial charge in [-0.15, -0.1) is 0 Å². The molecule has 0 saturated carbocycles. The van der Waals surface area contributed by atoms with E-state index in [1.807, 2.05) is 32.9 Å². The first kappa shape index (κ1) is 54.6. The number of rotatable bonds is 11. The largest absolute Gasteiger partial charge is 0.475 e. The van der Waals surface area contributed by atoms with Crippen LogP contribution in [0.4, 0.5) is 70.3 Å². The van der Waals surface area contributed by atoms with Crippen molar-refractivity contribution in [3.63, 3.8) is 0 Å². The molecular formula is C55H56F6N10O8. The lowest BCUT2D eigenvalue weighted by Gasteiger charge is -2.36. The van der Waals surface area contributed by atoms with Crippen LogP contribution in [0.5, 0.6) is 11.8 Å². The van der Waals surface area contributed by atoms with Gasteiger partial charge in [0.1, 0.15) is 25.4 Å². The summed E-state index contributed by atoms with van der Waals surface area (Å²) in [7, 11) is 0. The lowest BCUT2D eigenvalue weighted by molar-refractivity contribution is -0.141. The molecule has 5 aliphatic heterocycles. The summed E-state index contributed by atoms with van der Waals surface area (Å²) in [5, 5.41) is 24.2. The van der Waals surface area contributed by atoms with E-state index in [0.717, 1.165) is 60.7 Å². The van der Waals surface area contributed by atoms with Gasteiger partial charge in [-0.1, -0.05) is 24.3 Å². The van der Waals surface area contributed by atoms with Crippen molar-refractivity contribution in [3.8, 4) is 34.3 Å². The number of alkyl halides is 6. The van der Waals surface area contributed by atoms with Crippen molar-refractivity contribution < 1.29 is 65.1 Å². The molecule has 4 bridgehead atoms. The van der Waals surface area contributed by atoms with Crippen molar-refractivity contribution in [2.75, 3.05) is 82.8 Å². The number of ether oxygens (including phenoxy) is 4. The van der Waals surface area contributed by atoms with Crippen molar-refractivity contribution >= 4 is 46.4 Å². The van der Waals surface area contributed by atoms with E-state index in [4.69, 9.17) is 34.0 Å². The van der Waals surface area contributed by atoms with Crippen molar-refractivity contribution in [1.29, 1.82) is 0 Å². The predicted molar refractivity (Wildman–Crippen MR) is 281 cm³/mol. The van der Waals surface area contributed by atoms with Crippen molar-refractivity contribution in [2.24, 2.45) is 0 Å². The maximum absolute atomic E-state index is 13.7. The number of nitrogens with one attached hydrogen (secondary N) is 2. The third-order valence-corrected chi connectivity index (χ3v) is 14.0. The lowest BCUT2D eigenvalue weighted by Crippen LogP contribution is -2.48. The summed E-state index contributed by atoms with van der Waals surface area (Å²) >= 11 is 0. The molecule has 4 atom stereocenters. The highest BCUT2D eigenvalue weighted by atomic mass is 19.4. The normalized spacial score (nSPS) is 19.3. The molecule has 2 aromatic carbocycles. The monoisotopic (exact) mass is 1100 g/mol. The molecule has 9 heterocycles. The van der Waals surface area contributed by atoms with Gasteiger partial charge in [-0.3, -0.25) is 9.80 Å². The summed E-state index contributed by atoms with van der Waals surface area (Å²) in [6, 6.07) is 19.1. The van der Waals surface area contributed by atoms with E-state index >= 15 is 0 Å². The Balaban J connectivity index is 0.000000179. The second-order valence-electron chi connectivity index (χ2n) is 20.2. The second kappa shape index (κ2) is 21.8. The Labute approximate surface area is 449 Å². The third kappa shape index (κ3) is 12.0. The molecule has 3 fully saturated rings. The summed E-state index contributed by atoms with van der Waals surface area (Å²) < 4.78 is 103. The van der Waals surface area contributed by atoms with Gasteiger partial charge in [-0.2, -0.15) is 26.3 Å². The average Bonchev–Trinajstić information content (AvgIpc) is 4.38. The molecule has 416 valence electrons. The molecule has 4 N–H and O–H groups in total. The van der Waals surface area contributed by atoms with Crippen LogP contribution in [-0.4, -0.2) is 125 Å². The predicted octanol–water partition coefficient (Wildman–Crippen LogP) is 9.47. The van der Waals surface area contributed by atoms with Crippen LogP contribution >= 0.6 is 0 Å². The number of benzene rings is 2. The first-order valence-electron chi connectivity index (χ1n) is 25.5. The SMILES string of the molecule is Cc1cc2c(nc1-c1cccc(C(F)(F)F)c1)N(C(=O)Nc1ccnc(OC[C@@H](O)CO)c1)[C@H]1CCN2C1.Cc1cc2c(nc1-c1cccc(C(F)(F)F)c1)N(C(=O)Nc1ccnc(OC[C@@H]3COC(C)(C)O3)c1)[C@H]1CCN2C1. The number of amides is 4. The number of hydrogen-bond acceptors (Lipinski definition) is 14. The Bertz CT molecular complexity index is 3260. The highest BCUT2D eigenvalue weighted by molar-refractivity contribution is 6.06. The van der Waals surface area contributed by atoms with Gasteiger partial charge < -0.3 is 49.6 Å². The Hall–Kier alpha value is -7.80. The fourth-order valence-electron chi connectivity index (χ4n) is 10.2. The molecule has 11 rings (SSSR count). The van der Waals surface area contributed by atoms with Crippen molar-refractivity contribution in [3.05, 3.63) is 120 Å². The molecule has 79 heavy (non-hydrogen) atoms. The van der Waals surface area contributed by atoms with Gasteiger partial charge in [0.25, 0.3) is 0 Å². The minimum Gasteiger partial charge on any atom is -0.475 e. The fourth-order valence-corrected chi connectivity index (χ4v) is 10.2. The number of anilines is 6. The summed E-state index contributed by atoms with van der Waals surface area (Å²) in [4.78, 5) is 52.5. The van der Waals surface area contributed by atoms with E-state index in [0.29, 0.717) is 83.1 Å². The number of hydrogen-bond donors (Lipinski definition) is 4. The van der Waals surface area contributed by atoms with E-state index < -0.39 is 54.0 Å². The smallest absolute Gasteiger partial charge is 0.416 e. The van der Waals surface area contributed by atoms with Crippen LogP contribution in [0.2, 0.25) is 0 Å². The van der Waals surface area contributed by atoms with Crippen molar-refractivity contribution in [1.82, 2.24) is 19.9 Å². The number of aliphatic hydroxyl groups is 2. The van der Waals surface area contributed by atoms with Gasteiger partial charge in [-0.05, 0) is 100 Å². The van der Waals surface area contributed by atoms with Gasteiger partial charge >= 0.3 is 24.4 Å². The van der Waals surface area contributed by atoms with Crippen LogP contribution in [0, 0.1) is 13.8 Å². The molecular weight excluding hydrogens is 1040 g/mol. The number of carbonyl (C=O) groups is 2. The zero-order valence-electron chi connectivity index (χ0n) is 43.3.